The van der Waals surface area contributed by atoms with Gasteiger partial charge < -0.3 is 4.74 Å². The van der Waals surface area contributed by atoms with E-state index in [-0.39, 0.29) is 5.78 Å². The van der Waals surface area contributed by atoms with Crippen molar-refractivity contribution >= 4 is 5.78 Å². The van der Waals surface area contributed by atoms with Gasteiger partial charge in [0.2, 0.25) is 5.78 Å². The molecule has 0 saturated heterocycles. The topological polar surface area (TPSA) is 26.3 Å². The number of carbonyl (C=O) groups is 1. The molecule has 1 aromatic rings. The van der Waals surface area contributed by atoms with E-state index in [0.29, 0.717) is 17.6 Å². The standard InChI is InChI=1S/C16H20O2/c1-9(2)8-13-15(17)14-11(5)6-7-12(10(3)4)16(14)18-13/h6-10H,1-5H3/b13-8-. The van der Waals surface area contributed by atoms with E-state index in [9.17, 15) is 4.79 Å². The number of carbonyl (C=O) groups excluding carboxylic acids is 1. The van der Waals surface area contributed by atoms with Gasteiger partial charge >= 0.3 is 0 Å². The highest BCUT2D eigenvalue weighted by atomic mass is 16.5. The fourth-order valence-corrected chi connectivity index (χ4v) is 2.24. The number of ketones is 1. The van der Waals surface area contributed by atoms with Crippen LogP contribution in [-0.4, -0.2) is 5.78 Å². The van der Waals surface area contributed by atoms with Crippen LogP contribution >= 0.6 is 0 Å². The van der Waals surface area contributed by atoms with Crippen LogP contribution in [0.3, 0.4) is 0 Å². The Morgan fingerprint density at radius 2 is 1.83 bits per heavy atom. The molecule has 0 atom stereocenters. The number of ether oxygens (including phenoxy) is 1. The van der Waals surface area contributed by atoms with Gasteiger partial charge in [-0.3, -0.25) is 4.79 Å². The summed E-state index contributed by atoms with van der Waals surface area (Å²) in [6.45, 7) is 10.3. The number of Topliss-reactive ketones (excluding diaryl/α,β-unsaturated/α-hetero) is 1. The smallest absolute Gasteiger partial charge is 0.231 e. The molecule has 0 saturated carbocycles. The van der Waals surface area contributed by atoms with E-state index in [1.165, 1.54) is 0 Å². The SMILES string of the molecule is Cc1ccc(C(C)C)c2c1C(=O)/C(=C/C(C)C)O2. The van der Waals surface area contributed by atoms with Crippen molar-refractivity contribution in [3.8, 4) is 5.75 Å². The van der Waals surface area contributed by atoms with E-state index in [4.69, 9.17) is 4.74 Å². The Morgan fingerprint density at radius 1 is 1.17 bits per heavy atom. The van der Waals surface area contributed by atoms with Crippen LogP contribution in [0.2, 0.25) is 0 Å². The van der Waals surface area contributed by atoms with E-state index in [1.807, 2.05) is 32.9 Å². The van der Waals surface area contributed by atoms with Crippen LogP contribution in [0.1, 0.15) is 55.1 Å². The minimum absolute atomic E-state index is 0.0266. The van der Waals surface area contributed by atoms with Crippen molar-refractivity contribution in [2.24, 2.45) is 5.92 Å². The summed E-state index contributed by atoms with van der Waals surface area (Å²) in [5.41, 5.74) is 2.84. The minimum Gasteiger partial charge on any atom is -0.452 e. The maximum atomic E-state index is 12.3. The largest absolute Gasteiger partial charge is 0.452 e. The Balaban J connectivity index is 2.57. The van der Waals surface area contributed by atoms with E-state index >= 15 is 0 Å². The van der Waals surface area contributed by atoms with Gasteiger partial charge in [0.25, 0.3) is 0 Å². The van der Waals surface area contributed by atoms with E-state index in [2.05, 4.69) is 19.9 Å². The molecule has 2 rings (SSSR count). The Kier molecular flexibility index (Phi) is 3.29. The monoisotopic (exact) mass is 244 g/mol. The van der Waals surface area contributed by atoms with Crippen molar-refractivity contribution in [1.82, 2.24) is 0 Å². The summed E-state index contributed by atoms with van der Waals surface area (Å²) in [5, 5.41) is 0. The van der Waals surface area contributed by atoms with Crippen LogP contribution in [0.25, 0.3) is 0 Å². The molecule has 1 aliphatic rings. The highest BCUT2D eigenvalue weighted by molar-refractivity contribution is 6.13. The number of hydrogen-bond acceptors (Lipinski definition) is 2. The van der Waals surface area contributed by atoms with Gasteiger partial charge in [0, 0.05) is 0 Å². The van der Waals surface area contributed by atoms with Gasteiger partial charge in [-0.15, -0.1) is 0 Å². The van der Waals surface area contributed by atoms with E-state index in [1.54, 1.807) is 0 Å². The Hall–Kier alpha value is -1.57. The molecule has 0 aliphatic carbocycles. The van der Waals surface area contributed by atoms with E-state index in [0.717, 1.165) is 22.4 Å². The van der Waals surface area contributed by atoms with Crippen molar-refractivity contribution in [3.05, 3.63) is 40.7 Å². The maximum absolute atomic E-state index is 12.3. The summed E-state index contributed by atoms with van der Waals surface area (Å²) < 4.78 is 5.81. The van der Waals surface area contributed by atoms with Crippen LogP contribution in [-0.2, 0) is 0 Å². The fraction of sp³-hybridized carbons (Fsp3) is 0.438. The summed E-state index contributed by atoms with van der Waals surface area (Å²) in [5.74, 6) is 1.93. The van der Waals surface area contributed by atoms with Gasteiger partial charge in [-0.1, -0.05) is 39.8 Å². The number of rotatable bonds is 2. The maximum Gasteiger partial charge on any atom is 0.231 e. The third-order valence-electron chi connectivity index (χ3n) is 3.17. The molecular weight excluding hydrogens is 224 g/mol. The van der Waals surface area contributed by atoms with Gasteiger partial charge in [0.15, 0.2) is 5.76 Å². The molecule has 0 N–H and O–H groups in total. The molecule has 18 heavy (non-hydrogen) atoms. The summed E-state index contributed by atoms with van der Waals surface area (Å²) >= 11 is 0. The number of benzene rings is 1. The minimum atomic E-state index is 0.0266. The number of aryl methyl sites for hydroxylation is 1. The van der Waals surface area contributed by atoms with E-state index < -0.39 is 0 Å². The molecule has 1 aromatic carbocycles. The first kappa shape index (κ1) is 12.9. The predicted molar refractivity (Wildman–Crippen MR) is 73.1 cm³/mol. The van der Waals surface area contributed by atoms with Crippen molar-refractivity contribution in [2.45, 2.75) is 40.5 Å². The van der Waals surface area contributed by atoms with Crippen LogP contribution in [0.4, 0.5) is 0 Å². The van der Waals surface area contributed by atoms with Gasteiger partial charge in [-0.25, -0.2) is 0 Å². The molecule has 0 radical (unpaired) electrons. The lowest BCUT2D eigenvalue weighted by Gasteiger charge is -2.11. The second-order valence-electron chi connectivity index (χ2n) is 5.54. The lowest BCUT2D eigenvalue weighted by molar-refractivity contribution is 0.101. The van der Waals surface area contributed by atoms with Crippen LogP contribution in [0, 0.1) is 12.8 Å². The summed E-state index contributed by atoms with van der Waals surface area (Å²) in [4.78, 5) is 12.3. The van der Waals surface area contributed by atoms with Crippen LogP contribution < -0.4 is 4.74 Å². The van der Waals surface area contributed by atoms with Crippen molar-refractivity contribution < 1.29 is 9.53 Å². The lowest BCUT2D eigenvalue weighted by Crippen LogP contribution is -2.01. The summed E-state index contributed by atoms with van der Waals surface area (Å²) in [6, 6.07) is 4.07. The molecule has 2 heteroatoms. The third-order valence-corrected chi connectivity index (χ3v) is 3.17. The predicted octanol–water partition coefficient (Wildman–Crippen LogP) is 4.23. The molecule has 0 fully saturated rings. The van der Waals surface area contributed by atoms with Gasteiger partial charge in [0.1, 0.15) is 5.75 Å². The molecular formula is C16H20O2. The summed E-state index contributed by atoms with van der Waals surface area (Å²) in [7, 11) is 0. The Labute approximate surface area is 109 Å². The first-order chi connectivity index (χ1) is 8.41. The average molecular weight is 244 g/mol. The zero-order valence-corrected chi connectivity index (χ0v) is 11.7. The number of fused-ring (bicyclic) bond motifs is 1. The lowest BCUT2D eigenvalue weighted by atomic mass is 9.95. The number of hydrogen-bond donors (Lipinski definition) is 0. The highest BCUT2D eigenvalue weighted by Gasteiger charge is 2.31. The second-order valence-corrected chi connectivity index (χ2v) is 5.54. The van der Waals surface area contributed by atoms with Crippen molar-refractivity contribution in [1.29, 1.82) is 0 Å². The second kappa shape index (κ2) is 4.60. The molecule has 0 amide bonds. The molecule has 0 bridgehead atoms. The zero-order chi connectivity index (χ0) is 13.4. The fourth-order valence-electron chi connectivity index (χ4n) is 2.24. The molecule has 0 aromatic heterocycles. The Morgan fingerprint density at radius 3 is 2.39 bits per heavy atom. The Bertz CT molecular complexity index is 522. The molecule has 0 unspecified atom stereocenters. The molecule has 96 valence electrons. The van der Waals surface area contributed by atoms with Gasteiger partial charge in [-0.2, -0.15) is 0 Å². The molecule has 0 spiro atoms. The normalized spacial score (nSPS) is 16.6. The first-order valence-electron chi connectivity index (χ1n) is 6.49. The van der Waals surface area contributed by atoms with Crippen molar-refractivity contribution in [3.63, 3.8) is 0 Å². The molecule has 2 nitrogen and oxygen atoms in total. The zero-order valence-electron chi connectivity index (χ0n) is 11.7. The third kappa shape index (κ3) is 2.07. The highest BCUT2D eigenvalue weighted by Crippen LogP contribution is 2.39. The van der Waals surface area contributed by atoms with Gasteiger partial charge in [0.05, 0.1) is 5.56 Å². The van der Waals surface area contributed by atoms with Crippen LogP contribution in [0.5, 0.6) is 5.75 Å². The van der Waals surface area contributed by atoms with Crippen LogP contribution in [0.15, 0.2) is 24.0 Å². The number of allylic oxidation sites excluding steroid dienone is 2. The van der Waals surface area contributed by atoms with Gasteiger partial charge in [-0.05, 0) is 36.0 Å². The molecule has 1 heterocycles. The first-order valence-corrected chi connectivity index (χ1v) is 6.49. The quantitative estimate of drug-likeness (QED) is 0.727. The average Bonchev–Trinajstić information content (AvgIpc) is 2.56. The van der Waals surface area contributed by atoms with Crippen molar-refractivity contribution in [2.75, 3.05) is 0 Å². The summed E-state index contributed by atoms with van der Waals surface area (Å²) in [6.07, 6.45) is 1.89. The molecule has 1 aliphatic heterocycles.